The molecule has 1 aliphatic rings. The molecule has 0 aliphatic carbocycles. The van der Waals surface area contributed by atoms with Crippen LogP contribution in [0.25, 0.3) is 0 Å². The summed E-state index contributed by atoms with van der Waals surface area (Å²) < 4.78 is 0. The van der Waals surface area contributed by atoms with E-state index in [0.29, 0.717) is 6.04 Å². The zero-order valence-corrected chi connectivity index (χ0v) is 14.0. The van der Waals surface area contributed by atoms with Crippen molar-refractivity contribution in [3.63, 3.8) is 0 Å². The first-order valence-electron chi connectivity index (χ1n) is 7.22. The Balaban J connectivity index is 1.83. The molecule has 1 fully saturated rings. The van der Waals surface area contributed by atoms with E-state index in [9.17, 15) is 0 Å². The molecule has 2 rings (SSSR count). The number of nitrogens with two attached hydrogens (primary N) is 1. The normalized spacial score (nSPS) is 20.2. The summed E-state index contributed by atoms with van der Waals surface area (Å²) in [5, 5.41) is 1.53. The van der Waals surface area contributed by atoms with Gasteiger partial charge in [0.1, 0.15) is 0 Å². The van der Waals surface area contributed by atoms with Crippen LogP contribution in [0.15, 0.2) is 23.1 Å². The average molecular weight is 333 g/mol. The van der Waals surface area contributed by atoms with Gasteiger partial charge in [0.25, 0.3) is 0 Å². The van der Waals surface area contributed by atoms with Crippen LogP contribution in [0.2, 0.25) is 10.0 Å². The molecule has 0 radical (unpaired) electrons. The fraction of sp³-hybridized carbons (Fsp3) is 0.600. The highest BCUT2D eigenvalue weighted by molar-refractivity contribution is 7.99. The van der Waals surface area contributed by atoms with E-state index < -0.39 is 0 Å². The second-order valence-corrected chi connectivity index (χ2v) is 7.17. The molecule has 0 saturated carbocycles. The van der Waals surface area contributed by atoms with Crippen LogP contribution >= 0.6 is 35.0 Å². The number of hydrogen-bond donors (Lipinski definition) is 1. The topological polar surface area (TPSA) is 29.3 Å². The zero-order chi connectivity index (χ0) is 14.4. The number of likely N-dealkylation sites (tertiary alicyclic amines) is 1. The fourth-order valence-electron chi connectivity index (χ4n) is 2.73. The van der Waals surface area contributed by atoms with Gasteiger partial charge in [0.05, 0.1) is 5.02 Å². The van der Waals surface area contributed by atoms with Gasteiger partial charge in [-0.3, -0.25) is 4.90 Å². The van der Waals surface area contributed by atoms with Crippen LogP contribution in [-0.4, -0.2) is 36.3 Å². The average Bonchev–Trinajstić information content (AvgIpc) is 2.45. The molecule has 2 nitrogen and oxygen atoms in total. The van der Waals surface area contributed by atoms with Crippen molar-refractivity contribution in [1.29, 1.82) is 0 Å². The van der Waals surface area contributed by atoms with E-state index in [0.717, 1.165) is 40.2 Å². The largest absolute Gasteiger partial charge is 0.330 e. The molecule has 1 unspecified atom stereocenters. The van der Waals surface area contributed by atoms with Crippen LogP contribution in [0, 0.1) is 0 Å². The van der Waals surface area contributed by atoms with Crippen molar-refractivity contribution < 1.29 is 0 Å². The summed E-state index contributed by atoms with van der Waals surface area (Å²) in [4.78, 5) is 3.66. The van der Waals surface area contributed by atoms with E-state index in [4.69, 9.17) is 28.9 Å². The maximum absolute atomic E-state index is 6.19. The summed E-state index contributed by atoms with van der Waals surface area (Å²) in [6, 6.07) is 6.31. The SMILES string of the molecule is NCCC1CCCCN1CCSc1cc(Cl)ccc1Cl. The molecule has 1 atom stereocenters. The van der Waals surface area contributed by atoms with Crippen LogP contribution < -0.4 is 5.73 Å². The molecule has 0 amide bonds. The minimum absolute atomic E-state index is 0.671. The zero-order valence-electron chi connectivity index (χ0n) is 11.7. The second-order valence-electron chi connectivity index (χ2n) is 5.19. The Morgan fingerprint density at radius 2 is 2.15 bits per heavy atom. The van der Waals surface area contributed by atoms with Crippen molar-refractivity contribution in [3.05, 3.63) is 28.2 Å². The second kappa shape index (κ2) is 8.50. The predicted octanol–water partition coefficient (Wildman–Crippen LogP) is 4.29. The molecule has 1 aromatic rings. The van der Waals surface area contributed by atoms with E-state index in [1.54, 1.807) is 11.8 Å². The molecule has 0 aromatic heterocycles. The molecule has 20 heavy (non-hydrogen) atoms. The van der Waals surface area contributed by atoms with Crippen molar-refractivity contribution in [2.45, 2.75) is 36.6 Å². The van der Waals surface area contributed by atoms with Gasteiger partial charge in [-0.05, 0) is 50.6 Å². The van der Waals surface area contributed by atoms with Gasteiger partial charge in [-0.25, -0.2) is 0 Å². The predicted molar refractivity (Wildman–Crippen MR) is 90.1 cm³/mol. The molecular formula is C15H22Cl2N2S. The number of halogens is 2. The number of hydrogen-bond acceptors (Lipinski definition) is 3. The minimum Gasteiger partial charge on any atom is -0.330 e. The van der Waals surface area contributed by atoms with Crippen molar-refractivity contribution in [2.24, 2.45) is 5.73 Å². The van der Waals surface area contributed by atoms with Crippen molar-refractivity contribution in [2.75, 3.05) is 25.4 Å². The molecule has 112 valence electrons. The first kappa shape index (κ1) is 16.4. The summed E-state index contributed by atoms with van der Waals surface area (Å²) >= 11 is 14.0. The van der Waals surface area contributed by atoms with Crippen LogP contribution in [0.1, 0.15) is 25.7 Å². The third kappa shape index (κ3) is 4.81. The lowest BCUT2D eigenvalue weighted by molar-refractivity contribution is 0.151. The van der Waals surface area contributed by atoms with Gasteiger partial charge >= 0.3 is 0 Å². The Morgan fingerprint density at radius 1 is 1.30 bits per heavy atom. The smallest absolute Gasteiger partial charge is 0.0542 e. The Kier molecular flexibility index (Phi) is 6.99. The lowest BCUT2D eigenvalue weighted by Crippen LogP contribution is -2.41. The third-order valence-electron chi connectivity index (χ3n) is 3.78. The monoisotopic (exact) mass is 332 g/mol. The van der Waals surface area contributed by atoms with Gasteiger partial charge in [-0.15, -0.1) is 11.8 Å². The molecule has 1 aromatic carbocycles. The van der Waals surface area contributed by atoms with Gasteiger partial charge in [0, 0.05) is 28.3 Å². The lowest BCUT2D eigenvalue weighted by atomic mass is 9.99. The van der Waals surface area contributed by atoms with E-state index in [1.165, 1.54) is 25.8 Å². The Hall–Kier alpha value is 0.0700. The summed E-state index contributed by atoms with van der Waals surface area (Å²) in [7, 11) is 0. The van der Waals surface area contributed by atoms with Gasteiger partial charge in [-0.2, -0.15) is 0 Å². The van der Waals surface area contributed by atoms with Crippen LogP contribution in [0.4, 0.5) is 0 Å². The highest BCUT2D eigenvalue weighted by atomic mass is 35.5. The van der Waals surface area contributed by atoms with Gasteiger partial charge in [0.15, 0.2) is 0 Å². The Bertz CT molecular complexity index is 426. The maximum atomic E-state index is 6.19. The van der Waals surface area contributed by atoms with Crippen molar-refractivity contribution >= 4 is 35.0 Å². The highest BCUT2D eigenvalue weighted by Gasteiger charge is 2.21. The van der Waals surface area contributed by atoms with E-state index >= 15 is 0 Å². The highest BCUT2D eigenvalue weighted by Crippen LogP contribution is 2.30. The summed E-state index contributed by atoms with van der Waals surface area (Å²) in [5.41, 5.74) is 5.71. The molecule has 1 aliphatic heterocycles. The van der Waals surface area contributed by atoms with Crippen LogP contribution in [0.3, 0.4) is 0 Å². The van der Waals surface area contributed by atoms with Gasteiger partial charge in [0.2, 0.25) is 0 Å². The standard InChI is InChI=1S/C15H22Cl2N2S/c16-12-4-5-14(17)15(11-12)20-10-9-19-8-2-1-3-13(19)6-7-18/h4-5,11,13H,1-3,6-10,18H2. The van der Waals surface area contributed by atoms with Gasteiger partial charge in [-0.1, -0.05) is 29.6 Å². The number of rotatable bonds is 6. The lowest BCUT2D eigenvalue weighted by Gasteiger charge is -2.35. The minimum atomic E-state index is 0.671. The first-order chi connectivity index (χ1) is 9.70. The van der Waals surface area contributed by atoms with Crippen LogP contribution in [0.5, 0.6) is 0 Å². The van der Waals surface area contributed by atoms with Crippen molar-refractivity contribution in [1.82, 2.24) is 4.90 Å². The summed E-state index contributed by atoms with van der Waals surface area (Å²) in [5.74, 6) is 1.04. The van der Waals surface area contributed by atoms with Crippen LogP contribution in [-0.2, 0) is 0 Å². The summed E-state index contributed by atoms with van der Waals surface area (Å²) in [6.45, 7) is 3.08. The molecule has 2 N–H and O–H groups in total. The first-order valence-corrected chi connectivity index (χ1v) is 8.97. The molecule has 0 bridgehead atoms. The fourth-order valence-corrected chi connectivity index (χ4v) is 4.21. The Labute approximate surface area is 136 Å². The molecule has 1 heterocycles. The van der Waals surface area contributed by atoms with E-state index in [2.05, 4.69) is 4.90 Å². The van der Waals surface area contributed by atoms with E-state index in [-0.39, 0.29) is 0 Å². The number of piperidine rings is 1. The number of thioether (sulfide) groups is 1. The van der Waals surface area contributed by atoms with E-state index in [1.807, 2.05) is 18.2 Å². The number of nitrogens with zero attached hydrogens (tertiary/aromatic N) is 1. The van der Waals surface area contributed by atoms with Gasteiger partial charge < -0.3 is 5.73 Å². The maximum Gasteiger partial charge on any atom is 0.0542 e. The number of benzene rings is 1. The Morgan fingerprint density at radius 3 is 2.95 bits per heavy atom. The van der Waals surface area contributed by atoms with Crippen molar-refractivity contribution in [3.8, 4) is 0 Å². The molecular weight excluding hydrogens is 311 g/mol. The quantitative estimate of drug-likeness (QED) is 0.788. The summed E-state index contributed by atoms with van der Waals surface area (Å²) in [6.07, 6.45) is 5.06. The molecule has 1 saturated heterocycles. The third-order valence-corrected chi connectivity index (χ3v) is 5.49. The molecule has 0 spiro atoms. The molecule has 5 heteroatoms.